The highest BCUT2D eigenvalue weighted by Crippen LogP contribution is 2.30. The van der Waals surface area contributed by atoms with Gasteiger partial charge in [0.05, 0.1) is 30.7 Å². The number of carbonyl (C=O) groups excluding carboxylic acids is 2. The third-order valence-electron chi connectivity index (χ3n) is 5.58. The molecule has 1 N–H and O–H groups in total. The first-order valence-corrected chi connectivity index (χ1v) is 10.8. The zero-order chi connectivity index (χ0) is 21.7. The quantitative estimate of drug-likeness (QED) is 0.777. The topological polar surface area (TPSA) is 88.9 Å². The minimum Gasteiger partial charge on any atom is -0.444 e. The molecule has 168 valence electrons. The molecular weight excluding hydrogens is 386 g/mol. The fraction of sp³-hybridized carbons (Fsp3) is 0.762. The number of aromatic nitrogens is 2. The molecule has 3 heterocycles. The van der Waals surface area contributed by atoms with E-state index in [1.54, 1.807) is 15.8 Å². The van der Waals surface area contributed by atoms with E-state index in [9.17, 15) is 9.59 Å². The first-order chi connectivity index (χ1) is 14.2. The smallest absolute Gasteiger partial charge is 0.410 e. The molecule has 30 heavy (non-hydrogen) atoms. The molecule has 1 aromatic rings. The lowest BCUT2D eigenvalue weighted by atomic mass is 9.91. The van der Waals surface area contributed by atoms with Crippen LogP contribution in [0.25, 0.3) is 0 Å². The van der Waals surface area contributed by atoms with E-state index in [1.807, 2.05) is 27.8 Å². The van der Waals surface area contributed by atoms with Gasteiger partial charge in [0.25, 0.3) is 5.91 Å². The van der Waals surface area contributed by atoms with Crippen molar-refractivity contribution in [3.8, 4) is 0 Å². The zero-order valence-electron chi connectivity index (χ0n) is 18.6. The lowest BCUT2D eigenvalue weighted by Crippen LogP contribution is -2.42. The third-order valence-corrected chi connectivity index (χ3v) is 5.58. The van der Waals surface area contributed by atoms with Crippen molar-refractivity contribution in [1.29, 1.82) is 0 Å². The SMILES string of the molecule is Cn1ncc(C(=O)NCCN2CCOCC2)c1C1CCN(C(=O)OC(C)(C)C)CC1. The van der Waals surface area contributed by atoms with E-state index in [0.717, 1.165) is 51.4 Å². The molecule has 3 rings (SSSR count). The molecular formula is C21H35N5O4. The number of aryl methyl sites for hydroxylation is 1. The maximum atomic E-state index is 12.8. The fourth-order valence-corrected chi connectivity index (χ4v) is 4.02. The summed E-state index contributed by atoms with van der Waals surface area (Å²) in [5.41, 5.74) is 1.08. The number of hydrogen-bond acceptors (Lipinski definition) is 6. The van der Waals surface area contributed by atoms with E-state index >= 15 is 0 Å². The van der Waals surface area contributed by atoms with E-state index in [0.29, 0.717) is 25.2 Å². The lowest BCUT2D eigenvalue weighted by Gasteiger charge is -2.33. The van der Waals surface area contributed by atoms with E-state index in [2.05, 4.69) is 15.3 Å². The van der Waals surface area contributed by atoms with Crippen LogP contribution in [0.4, 0.5) is 4.79 Å². The Morgan fingerprint density at radius 3 is 2.50 bits per heavy atom. The summed E-state index contributed by atoms with van der Waals surface area (Å²) in [6.07, 6.45) is 2.95. The van der Waals surface area contributed by atoms with Gasteiger partial charge in [-0.25, -0.2) is 4.79 Å². The molecule has 2 amide bonds. The van der Waals surface area contributed by atoms with Crippen molar-refractivity contribution in [2.45, 2.75) is 45.1 Å². The predicted molar refractivity (Wildman–Crippen MR) is 113 cm³/mol. The zero-order valence-corrected chi connectivity index (χ0v) is 18.6. The Kier molecular flexibility index (Phi) is 7.36. The highest BCUT2D eigenvalue weighted by atomic mass is 16.6. The van der Waals surface area contributed by atoms with Crippen molar-refractivity contribution < 1.29 is 19.1 Å². The molecule has 0 aliphatic carbocycles. The summed E-state index contributed by atoms with van der Waals surface area (Å²) in [4.78, 5) is 29.2. The largest absolute Gasteiger partial charge is 0.444 e. The van der Waals surface area contributed by atoms with Gasteiger partial charge in [0.2, 0.25) is 0 Å². The number of hydrogen-bond donors (Lipinski definition) is 1. The molecule has 2 aliphatic heterocycles. The van der Waals surface area contributed by atoms with Crippen molar-refractivity contribution in [3.63, 3.8) is 0 Å². The highest BCUT2D eigenvalue weighted by Gasteiger charge is 2.31. The first-order valence-electron chi connectivity index (χ1n) is 10.8. The Hall–Kier alpha value is -2.13. The molecule has 1 aromatic heterocycles. The van der Waals surface area contributed by atoms with Crippen LogP contribution in [0.2, 0.25) is 0 Å². The van der Waals surface area contributed by atoms with Crippen LogP contribution in [-0.4, -0.2) is 89.7 Å². The Bertz CT molecular complexity index is 728. The number of amides is 2. The molecule has 0 unspecified atom stereocenters. The van der Waals surface area contributed by atoms with Gasteiger partial charge in [-0.3, -0.25) is 14.4 Å². The number of likely N-dealkylation sites (tertiary alicyclic amines) is 1. The van der Waals surface area contributed by atoms with Gasteiger partial charge in [-0.05, 0) is 33.6 Å². The first kappa shape index (κ1) is 22.6. The maximum Gasteiger partial charge on any atom is 0.410 e. The van der Waals surface area contributed by atoms with Gasteiger partial charge in [-0.2, -0.15) is 5.10 Å². The minimum absolute atomic E-state index is 0.0825. The minimum atomic E-state index is -0.498. The van der Waals surface area contributed by atoms with Crippen LogP contribution < -0.4 is 5.32 Å². The number of nitrogens with zero attached hydrogens (tertiary/aromatic N) is 4. The predicted octanol–water partition coefficient (Wildman–Crippen LogP) is 1.60. The second-order valence-electron chi connectivity index (χ2n) is 9.02. The van der Waals surface area contributed by atoms with E-state index in [4.69, 9.17) is 9.47 Å². The van der Waals surface area contributed by atoms with Crippen LogP contribution >= 0.6 is 0 Å². The van der Waals surface area contributed by atoms with E-state index in [-0.39, 0.29) is 17.9 Å². The highest BCUT2D eigenvalue weighted by molar-refractivity contribution is 5.95. The number of morpholine rings is 1. The van der Waals surface area contributed by atoms with Gasteiger partial charge >= 0.3 is 6.09 Å². The number of ether oxygens (including phenoxy) is 2. The van der Waals surface area contributed by atoms with Crippen molar-refractivity contribution in [2.24, 2.45) is 7.05 Å². The van der Waals surface area contributed by atoms with E-state index < -0.39 is 5.60 Å². The Balaban J connectivity index is 1.54. The van der Waals surface area contributed by atoms with Crippen LogP contribution in [0.1, 0.15) is 55.6 Å². The summed E-state index contributed by atoms with van der Waals surface area (Å²) in [5, 5.41) is 7.37. The molecule has 0 radical (unpaired) electrons. The molecule has 9 nitrogen and oxygen atoms in total. The monoisotopic (exact) mass is 421 g/mol. The van der Waals surface area contributed by atoms with Gasteiger partial charge in [0.15, 0.2) is 0 Å². The van der Waals surface area contributed by atoms with Crippen molar-refractivity contribution in [3.05, 3.63) is 17.5 Å². The molecule has 0 atom stereocenters. The molecule has 0 bridgehead atoms. The van der Waals surface area contributed by atoms with Crippen molar-refractivity contribution >= 4 is 12.0 Å². The second-order valence-corrected chi connectivity index (χ2v) is 9.02. The fourth-order valence-electron chi connectivity index (χ4n) is 4.02. The number of carbonyl (C=O) groups is 2. The summed E-state index contributed by atoms with van der Waals surface area (Å²) >= 11 is 0. The maximum absolute atomic E-state index is 12.8. The van der Waals surface area contributed by atoms with Gasteiger partial charge < -0.3 is 19.7 Å². The standard InChI is InChI=1S/C21H35N5O4/c1-21(2,3)30-20(28)26-8-5-16(6-9-26)18-17(15-23-24(18)4)19(27)22-7-10-25-11-13-29-14-12-25/h15-16H,5-14H2,1-4H3,(H,22,27). The van der Waals surface area contributed by atoms with Crippen molar-refractivity contribution in [1.82, 2.24) is 24.9 Å². The molecule has 2 aliphatic rings. The summed E-state index contributed by atoms with van der Waals surface area (Å²) in [6.45, 7) is 11.6. The number of rotatable bonds is 5. The average molecular weight is 422 g/mol. The molecule has 0 saturated carbocycles. The van der Waals surface area contributed by atoms with Gasteiger partial charge in [-0.15, -0.1) is 0 Å². The Morgan fingerprint density at radius 2 is 1.87 bits per heavy atom. The van der Waals surface area contributed by atoms with Crippen LogP contribution in [0.15, 0.2) is 6.20 Å². The van der Waals surface area contributed by atoms with E-state index in [1.165, 1.54) is 0 Å². The Labute approximate surface area is 178 Å². The molecule has 2 fully saturated rings. The number of piperidine rings is 1. The summed E-state index contributed by atoms with van der Waals surface area (Å²) in [5.74, 6) is 0.108. The summed E-state index contributed by atoms with van der Waals surface area (Å²) < 4.78 is 12.6. The molecule has 9 heteroatoms. The van der Waals surface area contributed by atoms with Gasteiger partial charge in [0.1, 0.15) is 5.60 Å². The molecule has 2 saturated heterocycles. The molecule has 0 aromatic carbocycles. The number of nitrogens with one attached hydrogen (secondary N) is 1. The second kappa shape index (κ2) is 9.78. The Morgan fingerprint density at radius 1 is 1.20 bits per heavy atom. The summed E-state index contributed by atoms with van der Waals surface area (Å²) in [6, 6.07) is 0. The van der Waals surface area contributed by atoms with Crippen molar-refractivity contribution in [2.75, 3.05) is 52.5 Å². The third kappa shape index (κ3) is 5.95. The molecule has 0 spiro atoms. The van der Waals surface area contributed by atoms with Crippen LogP contribution in [-0.2, 0) is 16.5 Å². The van der Waals surface area contributed by atoms with Crippen LogP contribution in [0.5, 0.6) is 0 Å². The average Bonchev–Trinajstić information content (AvgIpc) is 3.09. The van der Waals surface area contributed by atoms with Crippen LogP contribution in [0.3, 0.4) is 0 Å². The lowest BCUT2D eigenvalue weighted by molar-refractivity contribution is 0.0203. The van der Waals surface area contributed by atoms with Crippen LogP contribution in [0, 0.1) is 0 Å². The normalized spacial score (nSPS) is 19.0. The summed E-state index contributed by atoms with van der Waals surface area (Å²) in [7, 11) is 1.88. The van der Waals surface area contributed by atoms with Gasteiger partial charge in [-0.1, -0.05) is 0 Å². The van der Waals surface area contributed by atoms with Gasteiger partial charge in [0, 0.05) is 52.2 Å².